The Morgan fingerprint density at radius 1 is 0.716 bits per heavy atom. The molecular weight excluding hydrogens is 1200 g/mol. The smallest absolute Gasteiger partial charge is 0.326 e. The van der Waals surface area contributed by atoms with Gasteiger partial charge in [0.1, 0.15) is 35.7 Å². The Kier molecular flexibility index (Phi) is 19.5. The number of carbonyl (C=O) groups excluding carboxylic acids is 5. The van der Waals surface area contributed by atoms with Crippen molar-refractivity contribution >= 4 is 92.6 Å². The van der Waals surface area contributed by atoms with Crippen molar-refractivity contribution in [2.24, 2.45) is 4.99 Å². The number of amidine groups is 1. The zero-order chi connectivity index (χ0) is 61.8. The van der Waals surface area contributed by atoms with Crippen LogP contribution in [0.1, 0.15) is 108 Å². The summed E-state index contributed by atoms with van der Waals surface area (Å²) in [6.07, 6.45) is 6.40. The van der Waals surface area contributed by atoms with E-state index in [9.17, 15) is 19.2 Å². The highest BCUT2D eigenvalue weighted by molar-refractivity contribution is 8.01. The summed E-state index contributed by atoms with van der Waals surface area (Å²) in [5.41, 5.74) is 5.32. The maximum absolute atomic E-state index is 15.4. The van der Waals surface area contributed by atoms with Gasteiger partial charge in [-0.3, -0.25) is 39.3 Å². The number of aliphatic imine (C=N–C) groups is 1. The van der Waals surface area contributed by atoms with Crippen LogP contribution in [0.3, 0.4) is 0 Å². The number of nitrogens with zero attached hydrogens (tertiary/aromatic N) is 9. The first-order valence-corrected chi connectivity index (χ1v) is 32.5. The van der Waals surface area contributed by atoms with E-state index in [1.807, 2.05) is 129 Å². The summed E-state index contributed by atoms with van der Waals surface area (Å²) < 4.78 is 18.5. The molecule has 5 heterocycles. The zero-order valence-corrected chi connectivity index (χ0v) is 53.6. The predicted octanol–water partition coefficient (Wildman–Crippen LogP) is 11.6. The highest BCUT2D eigenvalue weighted by atomic mass is 35.5. The molecule has 0 radical (unpaired) electrons. The number of hydrogen-bond donors (Lipinski definition) is 1. The molecule has 4 aliphatic heterocycles. The summed E-state index contributed by atoms with van der Waals surface area (Å²) >= 11 is 15.7. The molecule has 4 fully saturated rings. The fourth-order valence-corrected chi connectivity index (χ4v) is 14.8. The van der Waals surface area contributed by atoms with Crippen LogP contribution in [0.2, 0.25) is 10.0 Å². The summed E-state index contributed by atoms with van der Waals surface area (Å²) in [7, 11) is 3.16. The molecule has 0 spiro atoms. The van der Waals surface area contributed by atoms with E-state index in [0.29, 0.717) is 100 Å². The van der Waals surface area contributed by atoms with Gasteiger partial charge in [-0.15, -0.1) is 0 Å². The Balaban J connectivity index is 0.683. The fraction of sp³-hybridized carbons (Fsp3) is 0.409. The number of amides is 6. The van der Waals surface area contributed by atoms with Crippen LogP contribution in [0, 0.1) is 6.92 Å². The number of aromatic nitrogens is 1. The number of carbonyl (C=O) groups is 5. The number of piperazine rings is 3. The summed E-state index contributed by atoms with van der Waals surface area (Å²) in [6, 6.07) is 31.1. The van der Waals surface area contributed by atoms with Crippen LogP contribution in [0.15, 0.2) is 123 Å². The minimum atomic E-state index is -0.594. The Bertz CT molecular complexity index is 3560. The number of ether oxygens (including phenoxy) is 3. The van der Waals surface area contributed by atoms with Crippen molar-refractivity contribution < 1.29 is 38.2 Å². The topological polar surface area (TPSA) is 173 Å². The third-order valence-electron chi connectivity index (χ3n) is 17.3. The number of hydrogen-bond acceptors (Lipinski definition) is 14. The van der Waals surface area contributed by atoms with Gasteiger partial charge in [-0.1, -0.05) is 70.6 Å². The van der Waals surface area contributed by atoms with Crippen molar-refractivity contribution in [3.63, 3.8) is 0 Å². The van der Waals surface area contributed by atoms with Gasteiger partial charge in [0.25, 0.3) is 11.8 Å². The average molecular weight is 1270 g/mol. The zero-order valence-electron chi connectivity index (χ0n) is 50.5. The third-order valence-corrected chi connectivity index (χ3v) is 20.0. The van der Waals surface area contributed by atoms with E-state index in [1.54, 1.807) is 46.9 Å². The van der Waals surface area contributed by atoms with E-state index < -0.39 is 12.1 Å². The molecule has 5 aromatic carbocycles. The molecule has 1 unspecified atom stereocenters. The quantitative estimate of drug-likeness (QED) is 0.0966. The molecule has 1 N–H and O–H groups in total. The molecule has 0 bridgehead atoms. The molecule has 6 aromatic rings. The minimum absolute atomic E-state index is 0.00346. The molecule has 462 valence electrons. The van der Waals surface area contributed by atoms with Crippen LogP contribution in [-0.4, -0.2) is 174 Å². The van der Waals surface area contributed by atoms with Crippen LogP contribution < -0.4 is 24.4 Å². The van der Waals surface area contributed by atoms with Crippen molar-refractivity contribution in [3.05, 3.63) is 153 Å². The molecule has 88 heavy (non-hydrogen) atoms. The second-order valence-corrected chi connectivity index (χ2v) is 26.4. The number of methoxy groups -OCH3 is 2. The van der Waals surface area contributed by atoms with Crippen LogP contribution in [0.25, 0.3) is 0 Å². The molecule has 1 saturated carbocycles. The summed E-state index contributed by atoms with van der Waals surface area (Å²) in [5, 5.41) is 4.60. The number of aryl methyl sites for hydroxylation is 1. The van der Waals surface area contributed by atoms with E-state index in [1.165, 1.54) is 23.1 Å². The molecule has 6 amide bonds. The lowest BCUT2D eigenvalue weighted by Crippen LogP contribution is -2.58. The fourth-order valence-electron chi connectivity index (χ4n) is 12.7. The van der Waals surface area contributed by atoms with Gasteiger partial charge in [0, 0.05) is 117 Å². The van der Waals surface area contributed by atoms with E-state index in [-0.39, 0.29) is 48.4 Å². The number of halogens is 2. The molecule has 4 atom stereocenters. The minimum Gasteiger partial charge on any atom is -0.497 e. The average Bonchev–Trinajstić information content (AvgIpc) is 1.69. The van der Waals surface area contributed by atoms with Gasteiger partial charge in [0.15, 0.2) is 5.13 Å². The van der Waals surface area contributed by atoms with Crippen molar-refractivity contribution in [3.8, 4) is 17.2 Å². The lowest BCUT2D eigenvalue weighted by molar-refractivity contribution is -0.138. The molecule has 22 heteroatoms. The number of thiazole rings is 1. The first-order chi connectivity index (χ1) is 42.5. The second kappa shape index (κ2) is 27.6. The molecule has 1 aromatic heterocycles. The number of benzene rings is 5. The Morgan fingerprint density at radius 3 is 2.03 bits per heavy atom. The van der Waals surface area contributed by atoms with Gasteiger partial charge in [-0.05, 0) is 142 Å². The van der Waals surface area contributed by atoms with Crippen LogP contribution >= 0.6 is 46.3 Å². The van der Waals surface area contributed by atoms with Crippen molar-refractivity contribution in [2.45, 2.75) is 99.2 Å². The van der Waals surface area contributed by atoms with Crippen LogP contribution in [0.4, 0.5) is 15.6 Å². The summed E-state index contributed by atoms with van der Waals surface area (Å²) in [5.74, 6) is 1.61. The van der Waals surface area contributed by atoms with E-state index >= 15 is 4.79 Å². The van der Waals surface area contributed by atoms with Crippen molar-refractivity contribution in [1.29, 1.82) is 0 Å². The number of rotatable bonds is 15. The van der Waals surface area contributed by atoms with E-state index in [0.717, 1.165) is 89.8 Å². The van der Waals surface area contributed by atoms with Gasteiger partial charge < -0.3 is 38.7 Å². The second-order valence-electron chi connectivity index (χ2n) is 23.2. The monoisotopic (exact) mass is 1270 g/mol. The standard InChI is InChI=1S/C66H74Cl2N10O8S2/c1-41(2)86-56-37-52(84-5)24-25-53(56)62-70-60(44-10-16-47(67)17-11-44)61(45-12-18-48(68)19-13-45)78(62)66(83)76-34-35-77(58(80)40-76)51-9-7-8-49(22-23-51)73-28-30-74(31-29-73)50-20-14-46(15-21-50)63(81)71-65-69-39-59(88-65)87-57-38-54(55(85-6)36-42(57)3)64(82)75-32-26-72(27-33-75)43(4)79/h10-21,24-25,36-39,41,49,51,60-61H,7-9,22-23,26-35,40H2,1-6H3,(H,69,71,81)/t49?,51-,60-,61+/m0/s1. The number of anilines is 2. The largest absolute Gasteiger partial charge is 0.497 e. The van der Waals surface area contributed by atoms with Gasteiger partial charge in [-0.2, -0.15) is 0 Å². The first kappa shape index (κ1) is 62.3. The molecular formula is C66H74Cl2N10O8S2. The molecule has 18 nitrogen and oxygen atoms in total. The van der Waals surface area contributed by atoms with Crippen LogP contribution in [0.5, 0.6) is 17.2 Å². The highest BCUT2D eigenvalue weighted by Crippen LogP contribution is 2.47. The third kappa shape index (κ3) is 13.9. The van der Waals surface area contributed by atoms with Crippen LogP contribution in [-0.2, 0) is 9.59 Å². The van der Waals surface area contributed by atoms with Crippen molar-refractivity contribution in [2.75, 3.05) is 96.4 Å². The normalized spacial score (nSPS) is 20.2. The van der Waals surface area contributed by atoms with E-state index in [4.69, 9.17) is 42.4 Å². The molecule has 11 rings (SSSR count). The Labute approximate surface area is 532 Å². The van der Waals surface area contributed by atoms with Gasteiger partial charge >= 0.3 is 6.03 Å². The lowest BCUT2D eigenvalue weighted by atomic mass is 9.93. The number of urea groups is 1. The summed E-state index contributed by atoms with van der Waals surface area (Å²) in [4.78, 5) is 93.6. The number of nitrogens with one attached hydrogen (secondary N) is 1. The predicted molar refractivity (Wildman–Crippen MR) is 345 cm³/mol. The van der Waals surface area contributed by atoms with Crippen molar-refractivity contribution in [1.82, 2.24) is 34.4 Å². The maximum atomic E-state index is 15.4. The molecule has 1 aliphatic carbocycles. The molecule has 3 saturated heterocycles. The summed E-state index contributed by atoms with van der Waals surface area (Å²) in [6.45, 7) is 13.6. The Hall–Kier alpha value is -7.36. The SMILES string of the molecule is COc1ccc(C2=N[C@@H](c3ccc(Cl)cc3)[C@@H](c3ccc(Cl)cc3)N2C(=O)N2CCN([C@H]3CCCC(N4CCN(c5ccc(C(=O)Nc6ncc(Sc7cc(C(=O)N8CCN(C(C)=O)CC8)c(OC)cc7C)s6)cc5)CC4)CC3)C(=O)C2)c(OC(C)C)c1. The van der Waals surface area contributed by atoms with E-state index in [2.05, 4.69) is 20.1 Å². The Morgan fingerprint density at radius 2 is 1.38 bits per heavy atom. The maximum Gasteiger partial charge on any atom is 0.326 e. The van der Waals surface area contributed by atoms with Gasteiger partial charge in [-0.25, -0.2) is 9.78 Å². The first-order valence-electron chi connectivity index (χ1n) is 30.1. The van der Waals surface area contributed by atoms with Gasteiger partial charge in [0.05, 0.1) is 47.9 Å². The highest BCUT2D eigenvalue weighted by Gasteiger charge is 2.46. The lowest BCUT2D eigenvalue weighted by Gasteiger charge is -2.42. The molecule has 5 aliphatic rings. The van der Waals surface area contributed by atoms with Gasteiger partial charge in [0.2, 0.25) is 11.8 Å².